The van der Waals surface area contributed by atoms with Crippen LogP contribution in [0.5, 0.6) is 5.75 Å². The molecule has 2 heterocycles. The minimum Gasteiger partial charge on any atom is -0.490 e. The van der Waals surface area contributed by atoms with Crippen LogP contribution < -0.4 is 14.4 Å². The van der Waals surface area contributed by atoms with Gasteiger partial charge in [0.05, 0.1) is 25.5 Å². The number of carbonyl (C=O) groups excluding carboxylic acids is 1. The van der Waals surface area contributed by atoms with Crippen molar-refractivity contribution in [2.75, 3.05) is 50.9 Å². The minimum absolute atomic E-state index is 0.153. The summed E-state index contributed by atoms with van der Waals surface area (Å²) in [5.41, 5.74) is 3.99. The molecule has 4 aliphatic rings. The molecule has 0 radical (unpaired) electrons. The molecule has 1 saturated heterocycles. The summed E-state index contributed by atoms with van der Waals surface area (Å²) in [7, 11) is -1.43. The number of rotatable bonds is 9. The number of nitrogens with zero attached hydrogens (tertiary/aromatic N) is 2. The van der Waals surface area contributed by atoms with Gasteiger partial charge in [0.1, 0.15) is 16.7 Å². The molecule has 9 heteroatoms. The van der Waals surface area contributed by atoms with Crippen LogP contribution in [0.3, 0.4) is 0 Å². The topological polar surface area (TPSA) is 71.1 Å². The molecular weight excluding hydrogens is 630 g/mol. The number of fused-ring (bicyclic) bond motifs is 3. The highest BCUT2D eigenvalue weighted by Crippen LogP contribution is 2.47. The fourth-order valence-corrected chi connectivity index (χ4v) is 8.33. The Kier molecular flexibility index (Phi) is 12.7. The molecule has 6 rings (SSSR count). The predicted molar refractivity (Wildman–Crippen MR) is 194 cm³/mol. The Morgan fingerprint density at radius 2 is 1.81 bits per heavy atom. The zero-order valence-electron chi connectivity index (χ0n) is 29.2. The summed E-state index contributed by atoms with van der Waals surface area (Å²) in [6.07, 6.45) is 9.52. The third kappa shape index (κ3) is 8.73. The number of unbranched alkanes of at least 4 members (excludes halogenated alkanes) is 1. The van der Waals surface area contributed by atoms with Crippen LogP contribution in [0.4, 0.5) is 5.69 Å². The molecule has 1 amide bonds. The second-order valence-corrected chi connectivity index (χ2v) is 16.6. The van der Waals surface area contributed by atoms with Gasteiger partial charge in [-0.25, -0.2) is 4.21 Å². The van der Waals surface area contributed by atoms with E-state index in [0.717, 1.165) is 75.1 Å². The quantitative estimate of drug-likeness (QED) is 0.294. The first-order valence-corrected chi connectivity index (χ1v) is 19.6. The van der Waals surface area contributed by atoms with Crippen molar-refractivity contribution in [2.24, 2.45) is 11.8 Å². The lowest BCUT2D eigenvalue weighted by molar-refractivity contribution is 0.00741. The Morgan fingerprint density at radius 1 is 1.06 bits per heavy atom. The van der Waals surface area contributed by atoms with Gasteiger partial charge in [0.25, 0.3) is 5.91 Å². The summed E-state index contributed by atoms with van der Waals surface area (Å²) >= 11 is 6.44. The normalized spacial score (nSPS) is 25.3. The highest BCUT2D eigenvalue weighted by atomic mass is 35.5. The largest absolute Gasteiger partial charge is 0.490 e. The minimum atomic E-state index is -1.43. The van der Waals surface area contributed by atoms with Crippen molar-refractivity contribution in [3.63, 3.8) is 0 Å². The SMILES string of the molecule is CC(C)S(=O)NC(=O)c1ccc2c(c1)N(CC1CCC1C[C@@H](C)N1CCOCC1)CC1(CCCc3cc(Cl)ccc31)CO2.CCCC. The van der Waals surface area contributed by atoms with Crippen molar-refractivity contribution in [3.05, 3.63) is 58.1 Å². The lowest BCUT2D eigenvalue weighted by Crippen LogP contribution is -2.49. The number of benzene rings is 2. The van der Waals surface area contributed by atoms with Crippen LogP contribution in [0.25, 0.3) is 0 Å². The van der Waals surface area contributed by atoms with Gasteiger partial charge in [-0.15, -0.1) is 0 Å². The summed E-state index contributed by atoms with van der Waals surface area (Å²) in [5, 5.41) is 0.631. The van der Waals surface area contributed by atoms with Gasteiger partial charge in [0.15, 0.2) is 0 Å². The molecule has 5 atom stereocenters. The lowest BCUT2D eigenvalue weighted by Gasteiger charge is -2.46. The second kappa shape index (κ2) is 16.5. The van der Waals surface area contributed by atoms with Gasteiger partial charge >= 0.3 is 0 Å². The van der Waals surface area contributed by atoms with E-state index in [9.17, 15) is 9.00 Å². The van der Waals surface area contributed by atoms with Crippen LogP contribution in [-0.4, -0.2) is 72.3 Å². The van der Waals surface area contributed by atoms with Gasteiger partial charge in [0.2, 0.25) is 0 Å². The average Bonchev–Trinajstić information content (AvgIpc) is 3.22. The van der Waals surface area contributed by atoms with Gasteiger partial charge in [-0.3, -0.25) is 14.4 Å². The van der Waals surface area contributed by atoms with Crippen LogP contribution in [-0.2, 0) is 27.6 Å². The molecule has 1 saturated carbocycles. The lowest BCUT2D eigenvalue weighted by atomic mass is 9.68. The number of anilines is 1. The molecule has 0 bridgehead atoms. The van der Waals surface area contributed by atoms with Gasteiger partial charge in [-0.05, 0) is 113 Å². The van der Waals surface area contributed by atoms with Gasteiger partial charge in [-0.2, -0.15) is 0 Å². The summed E-state index contributed by atoms with van der Waals surface area (Å²) in [5.74, 6) is 1.77. The van der Waals surface area contributed by atoms with Crippen molar-refractivity contribution in [1.82, 2.24) is 9.62 Å². The van der Waals surface area contributed by atoms with E-state index in [0.29, 0.717) is 30.0 Å². The zero-order chi connectivity index (χ0) is 33.6. The molecule has 2 aromatic rings. The van der Waals surface area contributed by atoms with E-state index in [2.05, 4.69) is 47.4 Å². The number of hydrogen-bond donors (Lipinski definition) is 1. The number of halogens is 1. The molecule has 2 fully saturated rings. The number of amides is 1. The molecule has 1 N–H and O–H groups in total. The van der Waals surface area contributed by atoms with Gasteiger partial charge in [-0.1, -0.05) is 44.4 Å². The van der Waals surface area contributed by atoms with Crippen molar-refractivity contribution >= 4 is 34.2 Å². The molecule has 2 aliphatic heterocycles. The van der Waals surface area contributed by atoms with Crippen LogP contribution in [0.2, 0.25) is 5.02 Å². The van der Waals surface area contributed by atoms with E-state index >= 15 is 0 Å². The first-order chi connectivity index (χ1) is 22.6. The van der Waals surface area contributed by atoms with E-state index in [1.165, 1.54) is 43.2 Å². The maximum absolute atomic E-state index is 13.2. The fraction of sp³-hybridized carbons (Fsp3) is 0.658. The summed E-state index contributed by atoms with van der Waals surface area (Å²) in [6.45, 7) is 16.5. The standard InChI is InChI=1S/C34H46ClN3O4S.C4H10/c1-23(2)43(40)36-33(39)27-8-11-32-31(19-27)38(20-28-7-6-25(28)17-24(3)37-13-15-41-16-14-37)21-34(22-42-32)12-4-5-26-18-29(35)9-10-30(26)34;1-3-4-2/h8-11,18-19,23-25,28H,4-7,12-17,20-22H2,1-3H3,(H,36,39);3-4H2,1-2H3/t24-,25?,28?,34?,43?;/m1./s1. The highest BCUT2D eigenvalue weighted by Gasteiger charge is 2.43. The van der Waals surface area contributed by atoms with Crippen molar-refractivity contribution in [2.45, 2.75) is 103 Å². The molecule has 2 aliphatic carbocycles. The first kappa shape index (κ1) is 36.2. The van der Waals surface area contributed by atoms with E-state index in [4.69, 9.17) is 21.1 Å². The second-order valence-electron chi connectivity index (χ2n) is 14.4. The van der Waals surface area contributed by atoms with E-state index < -0.39 is 11.0 Å². The molecule has 47 heavy (non-hydrogen) atoms. The molecular formula is C38H56ClN3O4S. The van der Waals surface area contributed by atoms with Crippen LogP contribution in [0.15, 0.2) is 36.4 Å². The van der Waals surface area contributed by atoms with Gasteiger partial charge < -0.3 is 14.4 Å². The maximum atomic E-state index is 13.2. The number of ether oxygens (including phenoxy) is 2. The summed E-state index contributed by atoms with van der Waals surface area (Å²) in [6, 6.07) is 12.6. The van der Waals surface area contributed by atoms with Crippen molar-refractivity contribution < 1.29 is 18.5 Å². The summed E-state index contributed by atoms with van der Waals surface area (Å²) < 4.78 is 27.3. The Balaban J connectivity index is 0.00000103. The number of carbonyl (C=O) groups is 1. The number of aryl methyl sites for hydroxylation is 1. The fourth-order valence-electron chi connectivity index (χ4n) is 7.60. The van der Waals surface area contributed by atoms with Crippen LogP contribution in [0.1, 0.15) is 101 Å². The number of nitrogens with one attached hydrogen (secondary N) is 1. The van der Waals surface area contributed by atoms with E-state index in [1.54, 1.807) is 6.07 Å². The number of hydrogen-bond acceptors (Lipinski definition) is 6. The Hall–Kier alpha value is -2.13. The number of morpholine rings is 1. The highest BCUT2D eigenvalue weighted by molar-refractivity contribution is 7.84. The molecule has 4 unspecified atom stereocenters. The summed E-state index contributed by atoms with van der Waals surface area (Å²) in [4.78, 5) is 18.2. The Morgan fingerprint density at radius 3 is 2.49 bits per heavy atom. The van der Waals surface area contributed by atoms with Gasteiger partial charge in [0, 0.05) is 53.5 Å². The molecule has 2 aromatic carbocycles. The third-order valence-electron chi connectivity index (χ3n) is 10.8. The zero-order valence-corrected chi connectivity index (χ0v) is 30.8. The Bertz CT molecular complexity index is 1380. The monoisotopic (exact) mass is 685 g/mol. The van der Waals surface area contributed by atoms with Crippen LogP contribution in [0, 0.1) is 11.8 Å². The van der Waals surface area contributed by atoms with E-state index in [1.807, 2.05) is 32.0 Å². The van der Waals surface area contributed by atoms with E-state index in [-0.39, 0.29) is 16.6 Å². The molecule has 7 nitrogen and oxygen atoms in total. The first-order valence-electron chi connectivity index (χ1n) is 18.0. The molecule has 260 valence electrons. The van der Waals surface area contributed by atoms with Crippen LogP contribution >= 0.6 is 11.6 Å². The van der Waals surface area contributed by atoms with Crippen molar-refractivity contribution in [1.29, 1.82) is 0 Å². The molecule has 1 spiro atoms. The third-order valence-corrected chi connectivity index (χ3v) is 12.2. The van der Waals surface area contributed by atoms with Crippen molar-refractivity contribution in [3.8, 4) is 5.75 Å². The molecule has 0 aromatic heterocycles. The average molecular weight is 686 g/mol. The Labute approximate surface area is 290 Å². The predicted octanol–water partition coefficient (Wildman–Crippen LogP) is 7.56. The maximum Gasteiger partial charge on any atom is 0.263 e. The smallest absolute Gasteiger partial charge is 0.263 e.